The van der Waals surface area contributed by atoms with E-state index < -0.39 is 20.0 Å². The van der Waals surface area contributed by atoms with E-state index in [0.29, 0.717) is 30.3 Å². The number of phosphoric ester groups is 1. The topological polar surface area (TPSA) is 111 Å². The summed E-state index contributed by atoms with van der Waals surface area (Å²) in [7, 11) is 1.44. The van der Waals surface area contributed by atoms with Crippen LogP contribution in [-0.2, 0) is 27.9 Å². The van der Waals surface area contributed by atoms with Gasteiger partial charge in [-0.05, 0) is 115 Å². The highest BCUT2D eigenvalue weighted by molar-refractivity contribution is 7.47. The van der Waals surface area contributed by atoms with Gasteiger partial charge in [-0.2, -0.15) is 0 Å². The summed E-state index contributed by atoms with van der Waals surface area (Å²) in [4.78, 5) is 37.6. The van der Waals surface area contributed by atoms with Gasteiger partial charge in [0, 0.05) is 12.8 Å². The maximum Gasteiger partial charge on any atom is 0.472 e. The first-order chi connectivity index (χ1) is 36.4. The van der Waals surface area contributed by atoms with E-state index in [1.165, 1.54) is 51.4 Å². The molecule has 0 saturated heterocycles. The third kappa shape index (κ3) is 55.0. The van der Waals surface area contributed by atoms with E-state index in [4.69, 9.17) is 13.8 Å². The Kier molecular flexibility index (Phi) is 51.2. The zero-order chi connectivity index (χ0) is 55.0. The highest BCUT2D eigenvalue weighted by Crippen LogP contribution is 2.43. The van der Waals surface area contributed by atoms with Crippen LogP contribution >= 0.6 is 7.82 Å². The molecule has 10 heteroatoms. The number of amides is 1. The predicted molar refractivity (Wildman–Crippen MR) is 323 cm³/mol. The smallest absolute Gasteiger partial charge is 0.456 e. The molecule has 0 fully saturated rings. The molecule has 0 aliphatic carbocycles. The number of likely N-dealkylation sites (N-methyl/N-ethyl adjacent to an activating group) is 1. The highest BCUT2D eigenvalue weighted by Gasteiger charge is 2.30. The van der Waals surface area contributed by atoms with Crippen molar-refractivity contribution < 1.29 is 37.3 Å². The van der Waals surface area contributed by atoms with Crippen LogP contribution < -0.4 is 5.32 Å². The van der Waals surface area contributed by atoms with E-state index >= 15 is 0 Å². The maximum atomic E-state index is 13.5. The summed E-state index contributed by atoms with van der Waals surface area (Å²) in [6, 6.07) is -0.879. The largest absolute Gasteiger partial charge is 0.472 e. The lowest BCUT2D eigenvalue weighted by Crippen LogP contribution is -2.47. The number of ether oxygens (including phenoxy) is 1. The quantitative estimate of drug-likeness (QED) is 0.0205. The molecule has 2 N–H and O–H groups in total. The number of carbonyl (C=O) groups excluding carboxylic acids is 2. The van der Waals surface area contributed by atoms with E-state index in [2.05, 4.69) is 135 Å². The van der Waals surface area contributed by atoms with Crippen molar-refractivity contribution in [1.29, 1.82) is 0 Å². The van der Waals surface area contributed by atoms with Gasteiger partial charge in [0.1, 0.15) is 19.3 Å². The van der Waals surface area contributed by atoms with Crippen molar-refractivity contribution in [3.63, 3.8) is 0 Å². The van der Waals surface area contributed by atoms with Crippen LogP contribution in [0.2, 0.25) is 0 Å². The van der Waals surface area contributed by atoms with Crippen LogP contribution in [0.5, 0.6) is 0 Å². The van der Waals surface area contributed by atoms with Crippen LogP contribution in [0.15, 0.2) is 122 Å². The van der Waals surface area contributed by atoms with Crippen molar-refractivity contribution in [3.8, 4) is 0 Å². The van der Waals surface area contributed by atoms with E-state index in [0.717, 1.165) is 128 Å². The molecule has 0 heterocycles. The Labute approximate surface area is 461 Å². The summed E-state index contributed by atoms with van der Waals surface area (Å²) in [5.74, 6) is -0.570. The van der Waals surface area contributed by atoms with Crippen LogP contribution in [0, 0.1) is 0 Å². The molecule has 1 amide bonds. The SMILES string of the molecule is CC/C=C\C/C=C\C/C=C\C/C=C\C/C=C\C/C=C\CCCCCCC(=O)NC(COP(=O)(O)OCC[N+](C)(C)C)C(/C=C\CCCCCCCCCCCC)OC(=O)CCCCCC/C=C/C/C=C/C/C=C/CC. The molecule has 0 rings (SSSR count). The van der Waals surface area contributed by atoms with Gasteiger partial charge in [0.05, 0.1) is 33.8 Å². The van der Waals surface area contributed by atoms with Crippen molar-refractivity contribution in [2.75, 3.05) is 40.9 Å². The van der Waals surface area contributed by atoms with Crippen LogP contribution in [0.1, 0.15) is 226 Å². The van der Waals surface area contributed by atoms with Gasteiger partial charge < -0.3 is 19.4 Å². The number of nitrogens with zero attached hydrogens (tertiary/aromatic N) is 1. The third-order valence-corrected chi connectivity index (χ3v) is 13.4. The summed E-state index contributed by atoms with van der Waals surface area (Å²) in [6.45, 7) is 6.72. The molecule has 3 unspecified atom stereocenters. The lowest BCUT2D eigenvalue weighted by atomic mass is 10.0. The molecule has 0 saturated carbocycles. The summed E-state index contributed by atoms with van der Waals surface area (Å²) < 4.78 is 30.6. The molecule has 75 heavy (non-hydrogen) atoms. The number of carbonyl (C=O) groups is 2. The molecular formula is C65H112N2O7P+. The third-order valence-electron chi connectivity index (χ3n) is 12.4. The fraction of sp³-hybridized carbons (Fsp3) is 0.662. The first-order valence-electron chi connectivity index (χ1n) is 29.9. The van der Waals surface area contributed by atoms with E-state index in [1.807, 2.05) is 33.3 Å². The van der Waals surface area contributed by atoms with Gasteiger partial charge in [-0.15, -0.1) is 0 Å². The average molecular weight is 1060 g/mol. The van der Waals surface area contributed by atoms with Gasteiger partial charge in [0.15, 0.2) is 0 Å². The summed E-state index contributed by atoms with van der Waals surface area (Å²) in [5.41, 5.74) is 0. The molecule has 0 radical (unpaired) electrons. The minimum absolute atomic E-state index is 0.0242. The lowest BCUT2D eigenvalue weighted by molar-refractivity contribution is -0.870. The summed E-state index contributed by atoms with van der Waals surface area (Å²) in [5, 5.41) is 3.03. The van der Waals surface area contributed by atoms with Crippen LogP contribution in [0.25, 0.3) is 0 Å². The fourth-order valence-corrected chi connectivity index (χ4v) is 8.57. The average Bonchev–Trinajstić information content (AvgIpc) is 3.37. The maximum absolute atomic E-state index is 13.5. The molecule has 0 aliphatic rings. The number of quaternary nitrogens is 1. The Morgan fingerprint density at radius 1 is 0.480 bits per heavy atom. The normalized spacial score (nSPS) is 14.6. The number of rotatable bonds is 52. The number of unbranched alkanes of at least 4 members (excludes halogenated alkanes) is 18. The predicted octanol–water partition coefficient (Wildman–Crippen LogP) is 18.3. The first-order valence-corrected chi connectivity index (χ1v) is 31.4. The van der Waals surface area contributed by atoms with Crippen LogP contribution in [-0.4, -0.2) is 74.3 Å². The Balaban J connectivity index is 5.35. The van der Waals surface area contributed by atoms with Gasteiger partial charge in [-0.3, -0.25) is 18.6 Å². The number of esters is 1. The van der Waals surface area contributed by atoms with Crippen molar-refractivity contribution in [1.82, 2.24) is 5.32 Å². The Morgan fingerprint density at radius 3 is 1.28 bits per heavy atom. The number of phosphoric acid groups is 1. The highest BCUT2D eigenvalue weighted by atomic mass is 31.2. The number of nitrogens with one attached hydrogen (secondary N) is 1. The van der Waals surface area contributed by atoms with E-state index in [1.54, 1.807) is 0 Å². The number of hydrogen-bond donors (Lipinski definition) is 2. The molecule has 428 valence electrons. The lowest BCUT2D eigenvalue weighted by Gasteiger charge is -2.27. The van der Waals surface area contributed by atoms with Gasteiger partial charge >= 0.3 is 13.8 Å². The zero-order valence-corrected chi connectivity index (χ0v) is 49.6. The molecule has 3 atom stereocenters. The molecule has 0 aromatic heterocycles. The second-order valence-electron chi connectivity index (χ2n) is 20.8. The molecule has 0 spiro atoms. The van der Waals surface area contributed by atoms with E-state index in [9.17, 15) is 19.0 Å². The molecule has 0 aliphatic heterocycles. The van der Waals surface area contributed by atoms with Crippen LogP contribution in [0.3, 0.4) is 0 Å². The zero-order valence-electron chi connectivity index (χ0n) is 48.7. The van der Waals surface area contributed by atoms with Crippen LogP contribution in [0.4, 0.5) is 0 Å². The molecule has 0 aromatic rings. The van der Waals surface area contributed by atoms with Crippen molar-refractivity contribution in [2.24, 2.45) is 0 Å². The van der Waals surface area contributed by atoms with Crippen molar-refractivity contribution in [3.05, 3.63) is 122 Å². The van der Waals surface area contributed by atoms with E-state index in [-0.39, 0.29) is 31.5 Å². The minimum Gasteiger partial charge on any atom is -0.456 e. The van der Waals surface area contributed by atoms with Crippen molar-refractivity contribution >= 4 is 19.7 Å². The standard InChI is InChI=1S/C65H111N2O7P/c1-7-10-13-16-19-22-25-28-30-31-32-33-34-35-36-37-38-39-42-45-48-51-54-57-64(68)66-62(61-73-75(70,71)72-60-59-67(4,5)6)63(56-53-50-47-44-41-27-24-21-18-15-12-9-3)74-65(69)58-55-52-49-46-43-40-29-26-23-20-17-14-11-8-2/h10-11,13-14,19-20,22-23,28-30,32-33,35-36,38-40,53,56,62-63H,7-9,12,15-18,21,24-27,31,34,37,41-52,54-55,57-61H2,1-6H3,(H-,66,68,70,71)/p+1/b13-10-,14-11+,22-19-,23-20+,30-28-,33-32-,36-35-,39-38-,40-29+,56-53-. The summed E-state index contributed by atoms with van der Waals surface area (Å²) in [6.07, 6.45) is 74.8. The molecule has 0 bridgehead atoms. The first kappa shape index (κ1) is 71.4. The number of allylic oxidation sites excluding steroid dienone is 19. The van der Waals surface area contributed by atoms with Gasteiger partial charge in [0.2, 0.25) is 5.91 Å². The van der Waals surface area contributed by atoms with Gasteiger partial charge in [-0.25, -0.2) is 4.57 Å². The fourth-order valence-electron chi connectivity index (χ4n) is 7.84. The second-order valence-corrected chi connectivity index (χ2v) is 22.2. The monoisotopic (exact) mass is 1060 g/mol. The van der Waals surface area contributed by atoms with Crippen molar-refractivity contribution in [2.45, 2.75) is 238 Å². The molecular weight excluding hydrogens is 952 g/mol. The minimum atomic E-state index is -4.47. The summed E-state index contributed by atoms with van der Waals surface area (Å²) >= 11 is 0. The Bertz CT molecular complexity index is 1700. The second kappa shape index (κ2) is 53.8. The Morgan fingerprint density at radius 2 is 0.853 bits per heavy atom. The van der Waals surface area contributed by atoms with Gasteiger partial charge in [-0.1, -0.05) is 220 Å². The Hall–Kier alpha value is -3.59. The van der Waals surface area contributed by atoms with Gasteiger partial charge in [0.25, 0.3) is 0 Å². The number of hydrogen-bond acceptors (Lipinski definition) is 6. The molecule has 9 nitrogen and oxygen atoms in total. The molecule has 0 aromatic carbocycles.